The molecular weight excluding hydrogens is 392 g/mol. The summed E-state index contributed by atoms with van der Waals surface area (Å²) in [4.78, 5) is 16.7. The number of rotatable bonds is 6. The summed E-state index contributed by atoms with van der Waals surface area (Å²) in [6.45, 7) is 0. The third-order valence-corrected chi connectivity index (χ3v) is 5.25. The van der Waals surface area contributed by atoms with Crippen molar-refractivity contribution in [3.8, 4) is 17.1 Å². The van der Waals surface area contributed by atoms with E-state index in [9.17, 15) is 4.79 Å². The molecule has 138 valence electrons. The molecule has 0 radical (unpaired) electrons. The summed E-state index contributed by atoms with van der Waals surface area (Å²) >= 11 is 7.25. The number of aromatic nitrogens is 4. The van der Waals surface area contributed by atoms with Gasteiger partial charge in [-0.05, 0) is 48.5 Å². The zero-order valence-corrected chi connectivity index (χ0v) is 16.3. The van der Waals surface area contributed by atoms with Gasteiger partial charge in [0.25, 0.3) is 0 Å². The largest absolute Gasteiger partial charge is 0.293 e. The Bertz CT molecular complexity index is 1080. The maximum atomic E-state index is 12.5. The van der Waals surface area contributed by atoms with Gasteiger partial charge >= 0.3 is 0 Å². The van der Waals surface area contributed by atoms with Crippen molar-refractivity contribution >= 4 is 29.1 Å². The summed E-state index contributed by atoms with van der Waals surface area (Å²) in [7, 11) is 0. The highest BCUT2D eigenvalue weighted by molar-refractivity contribution is 7.99. The zero-order valence-electron chi connectivity index (χ0n) is 14.7. The number of halogens is 1. The highest BCUT2D eigenvalue weighted by atomic mass is 35.5. The predicted octanol–water partition coefficient (Wildman–Crippen LogP) is 4.96. The molecule has 4 rings (SSSR count). The molecule has 28 heavy (non-hydrogen) atoms. The van der Waals surface area contributed by atoms with Crippen molar-refractivity contribution in [3.05, 3.63) is 89.7 Å². The molecule has 2 heterocycles. The summed E-state index contributed by atoms with van der Waals surface area (Å²) in [5.74, 6) is 0.938. The summed E-state index contributed by atoms with van der Waals surface area (Å²) in [6, 6.07) is 20.5. The lowest BCUT2D eigenvalue weighted by atomic mass is 10.1. The zero-order chi connectivity index (χ0) is 19.3. The molecule has 2 aromatic carbocycles. The monoisotopic (exact) mass is 406 g/mol. The van der Waals surface area contributed by atoms with Gasteiger partial charge in [0, 0.05) is 34.2 Å². The van der Waals surface area contributed by atoms with Crippen LogP contribution in [0.5, 0.6) is 0 Å². The molecule has 2 aromatic heterocycles. The Morgan fingerprint density at radius 2 is 1.75 bits per heavy atom. The van der Waals surface area contributed by atoms with Gasteiger partial charge in [-0.25, -0.2) is 0 Å². The number of para-hydroxylation sites is 1. The lowest BCUT2D eigenvalue weighted by molar-refractivity contribution is 0.102. The molecule has 0 N–H and O–H groups in total. The fourth-order valence-electron chi connectivity index (χ4n) is 2.70. The molecule has 0 spiro atoms. The fourth-order valence-corrected chi connectivity index (χ4v) is 3.68. The van der Waals surface area contributed by atoms with Crippen molar-refractivity contribution in [2.45, 2.75) is 5.16 Å². The van der Waals surface area contributed by atoms with E-state index in [1.807, 2.05) is 47.0 Å². The van der Waals surface area contributed by atoms with Crippen LogP contribution < -0.4 is 0 Å². The van der Waals surface area contributed by atoms with Crippen molar-refractivity contribution in [1.29, 1.82) is 0 Å². The molecule has 0 fully saturated rings. The van der Waals surface area contributed by atoms with Crippen LogP contribution in [0.3, 0.4) is 0 Å². The van der Waals surface area contributed by atoms with Gasteiger partial charge in [0.1, 0.15) is 0 Å². The second-order valence-corrected chi connectivity index (χ2v) is 7.32. The quantitative estimate of drug-likeness (QED) is 0.334. The SMILES string of the molecule is O=C(CSc1nnc(-c2cccnc2)n1-c1ccccc1)c1ccc(Cl)cc1. The minimum absolute atomic E-state index is 0.00667. The first-order valence-corrected chi connectivity index (χ1v) is 9.91. The number of thioether (sulfide) groups is 1. The standard InChI is InChI=1S/C21H15ClN4OS/c22-17-10-8-15(9-11-17)19(27)14-28-21-25-24-20(16-5-4-12-23-13-16)26(21)18-6-2-1-3-7-18/h1-13H,14H2. The highest BCUT2D eigenvalue weighted by Crippen LogP contribution is 2.28. The lowest BCUT2D eigenvalue weighted by Crippen LogP contribution is -2.05. The van der Waals surface area contributed by atoms with Gasteiger partial charge in [-0.2, -0.15) is 0 Å². The van der Waals surface area contributed by atoms with E-state index < -0.39 is 0 Å². The van der Waals surface area contributed by atoms with Crippen LogP contribution in [-0.2, 0) is 0 Å². The van der Waals surface area contributed by atoms with Gasteiger partial charge < -0.3 is 0 Å². The Labute approximate surface area is 171 Å². The summed E-state index contributed by atoms with van der Waals surface area (Å²) in [5, 5.41) is 9.92. The number of benzene rings is 2. The van der Waals surface area contributed by atoms with Crippen LogP contribution in [0.4, 0.5) is 0 Å². The van der Waals surface area contributed by atoms with Crippen molar-refractivity contribution < 1.29 is 4.79 Å². The van der Waals surface area contributed by atoms with Gasteiger partial charge in [0.15, 0.2) is 16.8 Å². The van der Waals surface area contributed by atoms with E-state index in [2.05, 4.69) is 15.2 Å². The molecule has 0 amide bonds. The van der Waals surface area contributed by atoms with Crippen molar-refractivity contribution in [3.63, 3.8) is 0 Å². The normalized spacial score (nSPS) is 10.8. The van der Waals surface area contributed by atoms with Gasteiger partial charge in [0.05, 0.1) is 5.75 Å². The number of hydrogen-bond acceptors (Lipinski definition) is 5. The molecule has 4 aromatic rings. The maximum Gasteiger partial charge on any atom is 0.196 e. The van der Waals surface area contributed by atoms with Crippen LogP contribution in [0.1, 0.15) is 10.4 Å². The minimum atomic E-state index is 0.00667. The smallest absolute Gasteiger partial charge is 0.196 e. The van der Waals surface area contributed by atoms with E-state index in [0.29, 0.717) is 21.6 Å². The van der Waals surface area contributed by atoms with Crippen LogP contribution in [0, 0.1) is 0 Å². The molecular formula is C21H15ClN4OS. The third-order valence-electron chi connectivity index (χ3n) is 4.07. The van der Waals surface area contributed by atoms with Crippen LogP contribution in [0.15, 0.2) is 84.3 Å². The van der Waals surface area contributed by atoms with Crippen LogP contribution in [0.2, 0.25) is 5.02 Å². The predicted molar refractivity (Wildman–Crippen MR) is 111 cm³/mol. The molecule has 0 aliphatic heterocycles. The average molecular weight is 407 g/mol. The number of carbonyl (C=O) groups excluding carboxylic acids is 1. The first-order valence-electron chi connectivity index (χ1n) is 8.55. The number of hydrogen-bond donors (Lipinski definition) is 0. The molecule has 0 bridgehead atoms. The van der Waals surface area contributed by atoms with Crippen molar-refractivity contribution in [1.82, 2.24) is 19.7 Å². The second-order valence-electron chi connectivity index (χ2n) is 5.94. The summed E-state index contributed by atoms with van der Waals surface area (Å²) in [5.41, 5.74) is 2.40. The first-order chi connectivity index (χ1) is 13.7. The first kappa shape index (κ1) is 18.4. The van der Waals surface area contributed by atoms with Crippen LogP contribution in [0.25, 0.3) is 17.1 Å². The van der Waals surface area contributed by atoms with Crippen molar-refractivity contribution in [2.75, 3.05) is 5.75 Å². The number of pyridine rings is 1. The van der Waals surface area contributed by atoms with Crippen LogP contribution in [-0.4, -0.2) is 31.3 Å². The van der Waals surface area contributed by atoms with Gasteiger partial charge in [-0.15, -0.1) is 10.2 Å². The highest BCUT2D eigenvalue weighted by Gasteiger charge is 2.17. The summed E-state index contributed by atoms with van der Waals surface area (Å²) in [6.07, 6.45) is 3.46. The lowest BCUT2D eigenvalue weighted by Gasteiger charge is -2.10. The Hall–Kier alpha value is -2.96. The van der Waals surface area contributed by atoms with Gasteiger partial charge in [-0.1, -0.05) is 41.6 Å². The second kappa shape index (κ2) is 8.37. The average Bonchev–Trinajstić information content (AvgIpc) is 3.18. The molecule has 0 unspecified atom stereocenters. The van der Waals surface area contributed by atoms with E-state index in [4.69, 9.17) is 11.6 Å². The molecule has 5 nitrogen and oxygen atoms in total. The Morgan fingerprint density at radius 3 is 2.46 bits per heavy atom. The van der Waals surface area contributed by atoms with E-state index in [1.165, 1.54) is 11.8 Å². The molecule has 0 saturated carbocycles. The number of nitrogens with zero attached hydrogens (tertiary/aromatic N) is 4. The van der Waals surface area contributed by atoms with E-state index in [1.54, 1.807) is 36.7 Å². The Kier molecular flexibility index (Phi) is 5.50. The number of ketones is 1. The van der Waals surface area contributed by atoms with Gasteiger partial charge in [0.2, 0.25) is 0 Å². The van der Waals surface area contributed by atoms with Gasteiger partial charge in [-0.3, -0.25) is 14.3 Å². The minimum Gasteiger partial charge on any atom is -0.293 e. The van der Waals surface area contributed by atoms with E-state index in [-0.39, 0.29) is 11.5 Å². The topological polar surface area (TPSA) is 60.7 Å². The Balaban J connectivity index is 1.65. The summed E-state index contributed by atoms with van der Waals surface area (Å²) < 4.78 is 1.94. The van der Waals surface area contributed by atoms with E-state index >= 15 is 0 Å². The molecule has 7 heteroatoms. The number of carbonyl (C=O) groups is 1. The molecule has 0 aliphatic carbocycles. The molecule has 0 saturated heterocycles. The van der Waals surface area contributed by atoms with E-state index in [0.717, 1.165) is 11.3 Å². The number of Topliss-reactive ketones (excluding diaryl/α,β-unsaturated/α-hetero) is 1. The van der Waals surface area contributed by atoms with Crippen molar-refractivity contribution in [2.24, 2.45) is 0 Å². The van der Waals surface area contributed by atoms with Crippen LogP contribution >= 0.6 is 23.4 Å². The fraction of sp³-hybridized carbons (Fsp3) is 0.0476. The molecule has 0 aliphatic rings. The Morgan fingerprint density at radius 1 is 0.964 bits per heavy atom. The maximum absolute atomic E-state index is 12.5. The third kappa shape index (κ3) is 3.98. The molecule has 0 atom stereocenters.